The van der Waals surface area contributed by atoms with Crippen LogP contribution >= 0.6 is 0 Å². The second-order valence-electron chi connectivity index (χ2n) is 8.00. The Bertz CT molecular complexity index is 1270. The molecule has 5 nitrogen and oxygen atoms in total. The number of fused-ring (bicyclic) bond motifs is 2. The lowest BCUT2D eigenvalue weighted by atomic mass is 9.89. The van der Waals surface area contributed by atoms with Crippen molar-refractivity contribution in [2.75, 3.05) is 0 Å². The van der Waals surface area contributed by atoms with Crippen molar-refractivity contribution in [1.29, 1.82) is 0 Å². The van der Waals surface area contributed by atoms with Crippen molar-refractivity contribution in [2.45, 2.75) is 39.0 Å². The van der Waals surface area contributed by atoms with Gasteiger partial charge in [-0.15, -0.1) is 0 Å². The van der Waals surface area contributed by atoms with Crippen LogP contribution in [0.2, 0.25) is 0 Å². The van der Waals surface area contributed by atoms with Gasteiger partial charge in [-0.3, -0.25) is 4.79 Å². The SMILES string of the molecule is Cc1cc2oc(=O)cc(-c3cc4ccccc4o3)c2cc1OC(=O)C1CCCCC1. The Morgan fingerprint density at radius 2 is 1.77 bits per heavy atom. The van der Waals surface area contributed by atoms with Gasteiger partial charge in [-0.2, -0.15) is 0 Å². The standard InChI is InChI=1S/C25H22O5/c1-15-11-22-18(13-21(15)30-25(27)16-7-3-2-4-8-16)19(14-24(26)29-22)23-12-17-9-5-6-10-20(17)28-23/h5-6,9-14,16H,2-4,7-8H2,1H3. The first-order valence-electron chi connectivity index (χ1n) is 10.4. The summed E-state index contributed by atoms with van der Waals surface area (Å²) in [5, 5.41) is 1.62. The smallest absolute Gasteiger partial charge is 0.336 e. The summed E-state index contributed by atoms with van der Waals surface area (Å²) in [4.78, 5) is 24.8. The lowest BCUT2D eigenvalue weighted by Crippen LogP contribution is -2.23. The molecule has 0 spiro atoms. The zero-order valence-electron chi connectivity index (χ0n) is 16.8. The van der Waals surface area contributed by atoms with Crippen LogP contribution in [0.5, 0.6) is 5.75 Å². The third-order valence-electron chi connectivity index (χ3n) is 5.88. The zero-order chi connectivity index (χ0) is 20.7. The summed E-state index contributed by atoms with van der Waals surface area (Å²) in [6, 6.07) is 14.5. The van der Waals surface area contributed by atoms with E-state index >= 15 is 0 Å². The maximum absolute atomic E-state index is 12.7. The predicted molar refractivity (Wildman–Crippen MR) is 115 cm³/mol. The Morgan fingerprint density at radius 3 is 2.57 bits per heavy atom. The van der Waals surface area contributed by atoms with Crippen LogP contribution in [0.4, 0.5) is 0 Å². The average Bonchev–Trinajstić information content (AvgIpc) is 3.18. The van der Waals surface area contributed by atoms with E-state index in [1.165, 1.54) is 12.5 Å². The second kappa shape index (κ2) is 7.48. The Labute approximate surface area is 173 Å². The minimum Gasteiger partial charge on any atom is -0.456 e. The number of esters is 1. The van der Waals surface area contributed by atoms with Gasteiger partial charge < -0.3 is 13.6 Å². The molecule has 0 radical (unpaired) electrons. The number of para-hydroxylation sites is 1. The van der Waals surface area contributed by atoms with Gasteiger partial charge in [0.1, 0.15) is 22.7 Å². The van der Waals surface area contributed by atoms with Crippen molar-refractivity contribution in [3.05, 3.63) is 64.5 Å². The molecule has 0 unspecified atom stereocenters. The van der Waals surface area contributed by atoms with Gasteiger partial charge in [0, 0.05) is 22.4 Å². The Morgan fingerprint density at radius 1 is 0.967 bits per heavy atom. The Hall–Kier alpha value is -3.34. The molecule has 2 aromatic carbocycles. The average molecular weight is 402 g/mol. The minimum atomic E-state index is -0.454. The molecule has 152 valence electrons. The lowest BCUT2D eigenvalue weighted by molar-refractivity contribution is -0.140. The lowest BCUT2D eigenvalue weighted by Gasteiger charge is -2.20. The zero-order valence-corrected chi connectivity index (χ0v) is 16.8. The molecule has 2 heterocycles. The summed E-state index contributed by atoms with van der Waals surface area (Å²) in [6.45, 7) is 1.84. The van der Waals surface area contributed by atoms with Crippen molar-refractivity contribution in [3.8, 4) is 17.1 Å². The van der Waals surface area contributed by atoms with Crippen LogP contribution in [0, 0.1) is 12.8 Å². The Kier molecular flexibility index (Phi) is 4.66. The maximum Gasteiger partial charge on any atom is 0.336 e. The third kappa shape index (κ3) is 3.41. The summed E-state index contributed by atoms with van der Waals surface area (Å²) < 4.78 is 17.2. The number of furan rings is 1. The van der Waals surface area contributed by atoms with Crippen LogP contribution in [-0.4, -0.2) is 5.97 Å². The van der Waals surface area contributed by atoms with E-state index in [-0.39, 0.29) is 11.9 Å². The van der Waals surface area contributed by atoms with E-state index in [2.05, 4.69) is 0 Å². The van der Waals surface area contributed by atoms with Crippen LogP contribution in [0.3, 0.4) is 0 Å². The molecule has 1 aliphatic rings. The minimum absolute atomic E-state index is 0.0441. The van der Waals surface area contributed by atoms with Gasteiger partial charge in [-0.25, -0.2) is 4.79 Å². The molecule has 0 saturated heterocycles. The molecule has 1 fully saturated rings. The number of hydrogen-bond donors (Lipinski definition) is 0. The fourth-order valence-corrected chi connectivity index (χ4v) is 4.25. The summed E-state index contributed by atoms with van der Waals surface area (Å²) >= 11 is 0. The van der Waals surface area contributed by atoms with E-state index in [4.69, 9.17) is 13.6 Å². The molecule has 1 saturated carbocycles. The van der Waals surface area contributed by atoms with E-state index in [0.29, 0.717) is 28.0 Å². The van der Waals surface area contributed by atoms with Gasteiger partial charge in [0.2, 0.25) is 0 Å². The van der Waals surface area contributed by atoms with Gasteiger partial charge in [0.25, 0.3) is 0 Å². The number of carbonyl (C=O) groups is 1. The number of hydrogen-bond acceptors (Lipinski definition) is 5. The quantitative estimate of drug-likeness (QED) is 0.239. The van der Waals surface area contributed by atoms with Crippen LogP contribution in [0.1, 0.15) is 37.7 Å². The molecular formula is C25H22O5. The maximum atomic E-state index is 12.7. The molecule has 5 heteroatoms. The molecule has 0 N–H and O–H groups in total. The van der Waals surface area contributed by atoms with E-state index in [1.807, 2.05) is 37.3 Å². The van der Waals surface area contributed by atoms with Crippen molar-refractivity contribution < 1.29 is 18.4 Å². The largest absolute Gasteiger partial charge is 0.456 e. The van der Waals surface area contributed by atoms with Gasteiger partial charge in [-0.1, -0.05) is 37.5 Å². The van der Waals surface area contributed by atoms with Crippen LogP contribution < -0.4 is 10.4 Å². The van der Waals surface area contributed by atoms with Crippen LogP contribution in [0.25, 0.3) is 33.3 Å². The molecule has 0 atom stereocenters. The van der Waals surface area contributed by atoms with Crippen LogP contribution in [0.15, 0.2) is 62.2 Å². The molecule has 0 amide bonds. The number of rotatable bonds is 3. The summed E-state index contributed by atoms with van der Waals surface area (Å²) in [7, 11) is 0. The second-order valence-corrected chi connectivity index (χ2v) is 8.00. The van der Waals surface area contributed by atoms with E-state index in [0.717, 1.165) is 42.2 Å². The van der Waals surface area contributed by atoms with Gasteiger partial charge >= 0.3 is 11.6 Å². The highest BCUT2D eigenvalue weighted by atomic mass is 16.5. The summed E-state index contributed by atoms with van der Waals surface area (Å²) in [6.07, 6.45) is 5.07. The normalized spacial score (nSPS) is 15.0. The number of aryl methyl sites for hydroxylation is 1. The highest BCUT2D eigenvalue weighted by molar-refractivity contribution is 5.96. The molecular weight excluding hydrogens is 380 g/mol. The highest BCUT2D eigenvalue weighted by Gasteiger charge is 2.24. The molecule has 4 aromatic rings. The van der Waals surface area contributed by atoms with Crippen molar-refractivity contribution in [2.24, 2.45) is 5.92 Å². The van der Waals surface area contributed by atoms with Gasteiger partial charge in [0.05, 0.1) is 5.92 Å². The summed E-state index contributed by atoms with van der Waals surface area (Å²) in [5.41, 5.74) is 2.09. The Balaban J connectivity index is 1.59. The van der Waals surface area contributed by atoms with E-state index in [1.54, 1.807) is 12.1 Å². The molecule has 0 bridgehead atoms. The summed E-state index contributed by atoms with van der Waals surface area (Å²) in [5.74, 6) is 0.837. The first kappa shape index (κ1) is 18.7. The monoisotopic (exact) mass is 402 g/mol. The number of carbonyl (C=O) groups excluding carboxylic acids is 1. The van der Waals surface area contributed by atoms with E-state index in [9.17, 15) is 9.59 Å². The van der Waals surface area contributed by atoms with Crippen molar-refractivity contribution >= 4 is 27.9 Å². The molecule has 2 aromatic heterocycles. The van der Waals surface area contributed by atoms with Gasteiger partial charge in [0.15, 0.2) is 0 Å². The fourth-order valence-electron chi connectivity index (χ4n) is 4.25. The van der Waals surface area contributed by atoms with E-state index < -0.39 is 5.63 Å². The van der Waals surface area contributed by atoms with Crippen molar-refractivity contribution in [1.82, 2.24) is 0 Å². The number of ether oxygens (including phenoxy) is 1. The van der Waals surface area contributed by atoms with Crippen LogP contribution in [-0.2, 0) is 4.79 Å². The molecule has 1 aliphatic carbocycles. The third-order valence-corrected chi connectivity index (χ3v) is 5.88. The molecule has 5 rings (SSSR count). The topological polar surface area (TPSA) is 69.7 Å². The molecule has 0 aliphatic heterocycles. The predicted octanol–water partition coefficient (Wildman–Crippen LogP) is 6.00. The first-order chi connectivity index (χ1) is 14.6. The first-order valence-corrected chi connectivity index (χ1v) is 10.4. The molecule has 30 heavy (non-hydrogen) atoms. The van der Waals surface area contributed by atoms with Gasteiger partial charge in [-0.05, 0) is 49.6 Å². The van der Waals surface area contributed by atoms with Crippen molar-refractivity contribution in [3.63, 3.8) is 0 Å². The fraction of sp³-hybridized carbons (Fsp3) is 0.280. The number of benzene rings is 2. The highest BCUT2D eigenvalue weighted by Crippen LogP contribution is 2.35.